The second-order valence-electron chi connectivity index (χ2n) is 6.66. The van der Waals surface area contributed by atoms with Crippen LogP contribution >= 0.6 is 22.9 Å². The van der Waals surface area contributed by atoms with E-state index in [0.29, 0.717) is 29.7 Å². The van der Waals surface area contributed by atoms with Gasteiger partial charge in [0.15, 0.2) is 4.47 Å². The Labute approximate surface area is 172 Å². The summed E-state index contributed by atoms with van der Waals surface area (Å²) in [5.74, 6) is -0.0150. The van der Waals surface area contributed by atoms with E-state index in [4.69, 9.17) is 11.6 Å². The van der Waals surface area contributed by atoms with Gasteiger partial charge in [0, 0.05) is 12.6 Å². The summed E-state index contributed by atoms with van der Waals surface area (Å²) in [5, 5.41) is 13.0. The molecule has 0 saturated heterocycles. The molecule has 3 heterocycles. The van der Waals surface area contributed by atoms with E-state index in [0.717, 1.165) is 17.0 Å². The van der Waals surface area contributed by atoms with E-state index in [1.54, 1.807) is 13.1 Å². The Kier molecular flexibility index (Phi) is 4.90. The Morgan fingerprint density at radius 2 is 2.17 bits per heavy atom. The lowest BCUT2D eigenvalue weighted by atomic mass is 10.0. The molecule has 1 aliphatic heterocycles. The van der Waals surface area contributed by atoms with E-state index in [1.165, 1.54) is 32.6 Å². The molecule has 0 radical (unpaired) electrons. The van der Waals surface area contributed by atoms with E-state index in [-0.39, 0.29) is 17.2 Å². The highest BCUT2D eigenvalue weighted by molar-refractivity contribution is 7.15. The van der Waals surface area contributed by atoms with Gasteiger partial charge in [0.25, 0.3) is 5.82 Å². The average molecular weight is 442 g/mol. The Balaban J connectivity index is 1.97. The fraction of sp³-hybridized carbons (Fsp3) is 0.316. The van der Waals surface area contributed by atoms with Crippen LogP contribution in [0.5, 0.6) is 5.88 Å². The van der Waals surface area contributed by atoms with Gasteiger partial charge in [0.05, 0.1) is 29.3 Å². The minimum absolute atomic E-state index is 0.0414. The lowest BCUT2D eigenvalue weighted by molar-refractivity contribution is -0.724. The maximum absolute atomic E-state index is 13.3. The van der Waals surface area contributed by atoms with Gasteiger partial charge >= 0.3 is 11.7 Å². The number of fused-ring (bicyclic) bond motifs is 1. The highest BCUT2D eigenvalue weighted by Gasteiger charge is 2.38. The minimum atomic E-state index is -4.57. The average Bonchev–Trinajstić information content (AvgIpc) is 3.28. The van der Waals surface area contributed by atoms with E-state index < -0.39 is 23.2 Å². The summed E-state index contributed by atoms with van der Waals surface area (Å²) in [6.07, 6.45) is -1.90. The standard InChI is InChI=1S/C19H15ClF3N3O2S/c1-2-25-14-7-6-12(13-9-24-18(20)29-13)26(14)17(28)15(16(25)27)10-4-3-5-11(8-10)19(21,22)23/h3-5,8-9,12H,2,6-7H2,1H3. The molecule has 0 spiro atoms. The highest BCUT2D eigenvalue weighted by Crippen LogP contribution is 2.35. The summed E-state index contributed by atoms with van der Waals surface area (Å²) in [6, 6.07) is 3.96. The first-order chi connectivity index (χ1) is 13.7. The van der Waals surface area contributed by atoms with Crippen molar-refractivity contribution in [1.82, 2.24) is 9.55 Å². The van der Waals surface area contributed by atoms with Crippen LogP contribution in [0.4, 0.5) is 13.2 Å². The lowest BCUT2D eigenvalue weighted by Gasteiger charge is -2.19. The third-order valence-electron chi connectivity index (χ3n) is 5.05. The van der Waals surface area contributed by atoms with Crippen LogP contribution in [-0.2, 0) is 19.1 Å². The van der Waals surface area contributed by atoms with E-state index in [9.17, 15) is 23.1 Å². The molecule has 4 rings (SSSR count). The predicted octanol–water partition coefficient (Wildman–Crippen LogP) is 3.56. The van der Waals surface area contributed by atoms with Gasteiger partial charge < -0.3 is 5.11 Å². The van der Waals surface area contributed by atoms with Gasteiger partial charge in [-0.05, 0) is 24.6 Å². The zero-order valence-electron chi connectivity index (χ0n) is 15.2. The Hall–Kier alpha value is -2.39. The summed E-state index contributed by atoms with van der Waals surface area (Å²) in [6.45, 7) is 2.07. The fourth-order valence-corrected chi connectivity index (χ4v) is 4.88. The van der Waals surface area contributed by atoms with E-state index >= 15 is 0 Å². The summed E-state index contributed by atoms with van der Waals surface area (Å²) in [7, 11) is 0. The Morgan fingerprint density at radius 1 is 1.41 bits per heavy atom. The molecule has 2 aromatic heterocycles. The number of benzene rings is 1. The number of thiazole rings is 1. The van der Waals surface area contributed by atoms with Gasteiger partial charge in [-0.1, -0.05) is 23.7 Å². The first kappa shape index (κ1) is 19.9. The number of aromatic nitrogens is 3. The molecule has 0 N–H and O–H groups in total. The zero-order chi connectivity index (χ0) is 20.9. The van der Waals surface area contributed by atoms with Gasteiger partial charge in [-0.15, -0.1) is 11.3 Å². The number of rotatable bonds is 3. The summed E-state index contributed by atoms with van der Waals surface area (Å²) >= 11 is 7.18. The van der Waals surface area contributed by atoms with Crippen molar-refractivity contribution in [3.05, 3.63) is 61.5 Å². The van der Waals surface area contributed by atoms with E-state index in [2.05, 4.69) is 4.98 Å². The molecule has 0 saturated carbocycles. The Bertz CT molecular complexity index is 1160. The second-order valence-corrected chi connectivity index (χ2v) is 8.31. The molecule has 0 amide bonds. The van der Waals surface area contributed by atoms with Crippen LogP contribution < -0.4 is 15.2 Å². The van der Waals surface area contributed by atoms with Gasteiger partial charge in [-0.2, -0.15) is 17.7 Å². The third kappa shape index (κ3) is 3.32. The minimum Gasteiger partial charge on any atom is -0.842 e. The molecule has 0 bridgehead atoms. The molecule has 0 aliphatic carbocycles. The van der Waals surface area contributed by atoms with Crippen LogP contribution in [0.25, 0.3) is 11.1 Å². The van der Waals surface area contributed by atoms with Crippen LogP contribution in [-0.4, -0.2) is 9.55 Å². The Morgan fingerprint density at radius 3 is 2.79 bits per heavy atom. The molecule has 1 unspecified atom stereocenters. The van der Waals surface area contributed by atoms with Crippen molar-refractivity contribution in [3.63, 3.8) is 0 Å². The number of nitrogens with zero attached hydrogens (tertiary/aromatic N) is 3. The molecule has 3 aromatic rings. The van der Waals surface area contributed by atoms with Gasteiger partial charge in [0.2, 0.25) is 0 Å². The van der Waals surface area contributed by atoms with E-state index in [1.807, 2.05) is 0 Å². The molecule has 5 nitrogen and oxygen atoms in total. The molecule has 10 heteroatoms. The first-order valence-corrected chi connectivity index (χ1v) is 10.1. The molecule has 1 aliphatic rings. The number of hydrogen-bond acceptors (Lipinski definition) is 4. The molecule has 29 heavy (non-hydrogen) atoms. The largest absolute Gasteiger partial charge is 0.842 e. The monoisotopic (exact) mass is 441 g/mol. The van der Waals surface area contributed by atoms with Crippen LogP contribution in [0.1, 0.15) is 35.7 Å². The number of alkyl halides is 3. The second kappa shape index (κ2) is 7.14. The van der Waals surface area contributed by atoms with Crippen molar-refractivity contribution in [2.24, 2.45) is 0 Å². The maximum Gasteiger partial charge on any atom is 0.416 e. The van der Waals surface area contributed by atoms with Crippen molar-refractivity contribution in [2.75, 3.05) is 0 Å². The van der Waals surface area contributed by atoms with Crippen molar-refractivity contribution in [2.45, 2.75) is 38.5 Å². The van der Waals surface area contributed by atoms with Crippen LogP contribution in [0, 0.1) is 0 Å². The maximum atomic E-state index is 13.3. The van der Waals surface area contributed by atoms with Gasteiger partial charge in [0.1, 0.15) is 11.6 Å². The zero-order valence-corrected chi connectivity index (χ0v) is 16.7. The van der Waals surface area contributed by atoms with Crippen molar-refractivity contribution < 1.29 is 22.8 Å². The summed E-state index contributed by atoms with van der Waals surface area (Å²) in [5.41, 5.74) is -1.81. The van der Waals surface area contributed by atoms with Crippen LogP contribution in [0.15, 0.2) is 35.3 Å². The molecular formula is C19H15ClF3N3O2S. The van der Waals surface area contributed by atoms with Crippen LogP contribution in [0.3, 0.4) is 0 Å². The van der Waals surface area contributed by atoms with Crippen molar-refractivity contribution in [3.8, 4) is 17.0 Å². The lowest BCUT2D eigenvalue weighted by Crippen LogP contribution is -2.55. The SMILES string of the molecule is CCn1c([O-])c(-c2cccc(C(F)(F)F)c2)c(=O)[n+]2c1CCC2c1cnc(Cl)s1. The van der Waals surface area contributed by atoms with Gasteiger partial charge in [-0.25, -0.2) is 14.3 Å². The molecule has 152 valence electrons. The van der Waals surface area contributed by atoms with Gasteiger partial charge in [-0.3, -0.25) is 0 Å². The predicted molar refractivity (Wildman–Crippen MR) is 100 cm³/mol. The number of hydrogen-bond donors (Lipinski definition) is 0. The van der Waals surface area contributed by atoms with Crippen molar-refractivity contribution in [1.29, 1.82) is 0 Å². The van der Waals surface area contributed by atoms with Crippen LogP contribution in [0.2, 0.25) is 4.47 Å². The molecule has 1 atom stereocenters. The smallest absolute Gasteiger partial charge is 0.416 e. The quantitative estimate of drug-likeness (QED) is 0.584. The fourth-order valence-electron chi connectivity index (χ4n) is 3.80. The third-order valence-corrected chi connectivity index (χ3v) is 6.27. The number of halogens is 4. The molecular weight excluding hydrogens is 427 g/mol. The van der Waals surface area contributed by atoms with Crippen molar-refractivity contribution >= 4 is 22.9 Å². The first-order valence-electron chi connectivity index (χ1n) is 8.89. The summed E-state index contributed by atoms with van der Waals surface area (Å²) in [4.78, 5) is 18.1. The normalized spacial score (nSPS) is 16.2. The molecule has 1 aromatic carbocycles. The topological polar surface area (TPSA) is 61.8 Å². The molecule has 0 fully saturated rings. The summed E-state index contributed by atoms with van der Waals surface area (Å²) < 4.78 is 42.8. The highest BCUT2D eigenvalue weighted by atomic mass is 35.5.